The van der Waals surface area contributed by atoms with Gasteiger partial charge in [0, 0.05) is 0 Å². The van der Waals surface area contributed by atoms with E-state index in [0.29, 0.717) is 0 Å². The fraction of sp³-hybridized carbons (Fsp3) is 0. The van der Waals surface area contributed by atoms with Gasteiger partial charge in [-0.15, -0.1) is 12.4 Å². The molecule has 0 fully saturated rings. The van der Waals surface area contributed by atoms with Gasteiger partial charge in [-0.05, 0) is 12.1 Å². The Morgan fingerprint density at radius 3 is 2.62 bits per heavy atom. The molecular formula is C6H6ClFN2O3. The Kier molecular flexibility index (Phi) is 4.09. The van der Waals surface area contributed by atoms with Crippen LogP contribution in [0.1, 0.15) is 0 Å². The highest BCUT2D eigenvalue weighted by molar-refractivity contribution is 5.85. The van der Waals surface area contributed by atoms with Crippen LogP contribution in [0.3, 0.4) is 0 Å². The Morgan fingerprint density at radius 2 is 2.15 bits per heavy atom. The summed E-state index contributed by atoms with van der Waals surface area (Å²) in [6.45, 7) is 0. The Labute approximate surface area is 78.8 Å². The molecule has 0 aliphatic heterocycles. The highest BCUT2D eigenvalue weighted by Crippen LogP contribution is 2.25. The summed E-state index contributed by atoms with van der Waals surface area (Å²) in [5, 5.41) is 10.2. The molecule has 0 aromatic heterocycles. The van der Waals surface area contributed by atoms with Crippen molar-refractivity contribution in [3.8, 4) is 5.75 Å². The number of nitro groups is 1. The van der Waals surface area contributed by atoms with Crippen LogP contribution in [0.15, 0.2) is 18.2 Å². The van der Waals surface area contributed by atoms with Crippen LogP contribution < -0.4 is 10.7 Å². The molecule has 1 aromatic rings. The van der Waals surface area contributed by atoms with Gasteiger partial charge in [0.15, 0.2) is 0 Å². The third kappa shape index (κ3) is 2.53. The third-order valence-corrected chi connectivity index (χ3v) is 1.24. The molecule has 2 N–H and O–H groups in total. The molecule has 7 heteroatoms. The van der Waals surface area contributed by atoms with E-state index in [9.17, 15) is 14.5 Å². The lowest BCUT2D eigenvalue weighted by molar-refractivity contribution is -0.386. The van der Waals surface area contributed by atoms with Crippen LogP contribution in [-0.2, 0) is 0 Å². The number of rotatable bonds is 2. The minimum Gasteiger partial charge on any atom is -0.404 e. The van der Waals surface area contributed by atoms with E-state index < -0.39 is 16.4 Å². The highest BCUT2D eigenvalue weighted by atomic mass is 35.5. The molecule has 0 aliphatic carbocycles. The lowest BCUT2D eigenvalue weighted by Crippen LogP contribution is -2.04. The predicted molar refractivity (Wildman–Crippen MR) is 45.1 cm³/mol. The second kappa shape index (κ2) is 4.58. The molecule has 0 saturated heterocycles. The van der Waals surface area contributed by atoms with Crippen LogP contribution in [0.2, 0.25) is 0 Å². The van der Waals surface area contributed by atoms with Crippen LogP contribution in [0, 0.1) is 15.9 Å². The van der Waals surface area contributed by atoms with Gasteiger partial charge in [0.1, 0.15) is 5.82 Å². The average Bonchev–Trinajstić information content (AvgIpc) is 2.04. The van der Waals surface area contributed by atoms with Crippen molar-refractivity contribution in [2.24, 2.45) is 5.90 Å². The summed E-state index contributed by atoms with van der Waals surface area (Å²) in [6.07, 6.45) is 0. The van der Waals surface area contributed by atoms with Gasteiger partial charge in [-0.1, -0.05) is 0 Å². The van der Waals surface area contributed by atoms with Gasteiger partial charge in [0.2, 0.25) is 5.75 Å². The fourth-order valence-corrected chi connectivity index (χ4v) is 0.733. The van der Waals surface area contributed by atoms with Gasteiger partial charge in [-0.3, -0.25) is 10.1 Å². The number of nitrogens with zero attached hydrogens (tertiary/aromatic N) is 1. The Hall–Kier alpha value is -1.40. The zero-order chi connectivity index (χ0) is 9.14. The maximum absolute atomic E-state index is 12.4. The molecule has 1 aromatic carbocycles. The summed E-state index contributed by atoms with van der Waals surface area (Å²) in [4.78, 5) is 13.6. The van der Waals surface area contributed by atoms with E-state index in [1.54, 1.807) is 0 Å². The molecule has 0 heterocycles. The van der Waals surface area contributed by atoms with Crippen LogP contribution >= 0.6 is 12.4 Å². The number of hydrogen-bond acceptors (Lipinski definition) is 4. The first-order valence-corrected chi connectivity index (χ1v) is 2.96. The second-order valence-electron chi connectivity index (χ2n) is 1.99. The van der Waals surface area contributed by atoms with Crippen LogP contribution in [0.25, 0.3) is 0 Å². The van der Waals surface area contributed by atoms with E-state index >= 15 is 0 Å². The largest absolute Gasteiger partial charge is 0.404 e. The molecule has 13 heavy (non-hydrogen) atoms. The molecular weight excluding hydrogens is 203 g/mol. The highest BCUT2D eigenvalue weighted by Gasteiger charge is 2.15. The topological polar surface area (TPSA) is 78.4 Å². The van der Waals surface area contributed by atoms with Crippen molar-refractivity contribution in [2.75, 3.05) is 0 Å². The first kappa shape index (κ1) is 11.6. The van der Waals surface area contributed by atoms with Gasteiger partial charge in [-0.25, -0.2) is 4.39 Å². The van der Waals surface area contributed by atoms with Crippen molar-refractivity contribution in [3.05, 3.63) is 34.1 Å². The summed E-state index contributed by atoms with van der Waals surface area (Å²) in [5.74, 6) is 3.84. The SMILES string of the molecule is Cl.NOc1ccc(F)cc1[N+](=O)[O-]. The Balaban J connectivity index is 0.00000144. The van der Waals surface area contributed by atoms with Crippen LogP contribution in [0.4, 0.5) is 10.1 Å². The molecule has 0 spiro atoms. The lowest BCUT2D eigenvalue weighted by atomic mass is 10.3. The van der Waals surface area contributed by atoms with Crippen molar-refractivity contribution >= 4 is 18.1 Å². The molecule has 0 unspecified atom stereocenters. The summed E-state index contributed by atoms with van der Waals surface area (Å²) in [5.41, 5.74) is -0.488. The average molecular weight is 209 g/mol. The second-order valence-corrected chi connectivity index (χ2v) is 1.99. The molecule has 1 rings (SSSR count). The van der Waals surface area contributed by atoms with Crippen molar-refractivity contribution in [2.45, 2.75) is 0 Å². The maximum Gasteiger partial charge on any atom is 0.316 e. The molecule has 0 saturated carbocycles. The van der Waals surface area contributed by atoms with E-state index in [-0.39, 0.29) is 18.2 Å². The Bertz CT molecular complexity index is 321. The van der Waals surface area contributed by atoms with Crippen molar-refractivity contribution < 1.29 is 14.2 Å². The molecule has 0 radical (unpaired) electrons. The summed E-state index contributed by atoms with van der Waals surface area (Å²) in [6, 6.07) is 2.85. The molecule has 0 bridgehead atoms. The first-order chi connectivity index (χ1) is 5.65. The summed E-state index contributed by atoms with van der Waals surface area (Å²) < 4.78 is 12.4. The minimum absolute atomic E-state index is 0. The van der Waals surface area contributed by atoms with Crippen molar-refractivity contribution in [1.29, 1.82) is 0 Å². The van der Waals surface area contributed by atoms with Gasteiger partial charge in [-0.2, -0.15) is 5.90 Å². The summed E-state index contributed by atoms with van der Waals surface area (Å²) >= 11 is 0. The fourth-order valence-electron chi connectivity index (χ4n) is 0.733. The molecule has 0 amide bonds. The van der Waals surface area contributed by atoms with Crippen LogP contribution in [-0.4, -0.2) is 4.92 Å². The summed E-state index contributed by atoms with van der Waals surface area (Å²) in [7, 11) is 0. The van der Waals surface area contributed by atoms with Crippen molar-refractivity contribution in [3.63, 3.8) is 0 Å². The lowest BCUT2D eigenvalue weighted by Gasteiger charge is -1.98. The van der Waals surface area contributed by atoms with E-state index in [1.807, 2.05) is 0 Å². The zero-order valence-corrected chi connectivity index (χ0v) is 7.08. The number of halogens is 2. The Morgan fingerprint density at radius 1 is 1.54 bits per heavy atom. The minimum atomic E-state index is -0.773. The van der Waals surface area contributed by atoms with Gasteiger partial charge in [0.05, 0.1) is 11.0 Å². The van der Waals surface area contributed by atoms with E-state index in [0.717, 1.165) is 18.2 Å². The quantitative estimate of drug-likeness (QED) is 0.589. The third-order valence-electron chi connectivity index (χ3n) is 1.24. The predicted octanol–water partition coefficient (Wildman–Crippen LogP) is 1.41. The maximum atomic E-state index is 12.4. The number of benzene rings is 1. The number of hydrogen-bond donors (Lipinski definition) is 1. The molecule has 0 atom stereocenters. The van der Waals surface area contributed by atoms with E-state index in [1.165, 1.54) is 0 Å². The van der Waals surface area contributed by atoms with Gasteiger partial charge < -0.3 is 4.84 Å². The molecule has 5 nitrogen and oxygen atoms in total. The molecule has 72 valence electrons. The van der Waals surface area contributed by atoms with E-state index in [2.05, 4.69) is 4.84 Å². The number of nitrogens with two attached hydrogens (primary N) is 1. The number of nitro benzene ring substituents is 1. The standard InChI is InChI=1S/C6H5FN2O3.ClH/c7-4-1-2-6(12-8)5(3-4)9(10)11;/h1-3H,8H2;1H. The zero-order valence-electron chi connectivity index (χ0n) is 6.27. The van der Waals surface area contributed by atoms with E-state index in [4.69, 9.17) is 5.90 Å². The monoisotopic (exact) mass is 208 g/mol. The van der Waals surface area contributed by atoms with Crippen LogP contribution in [0.5, 0.6) is 5.75 Å². The molecule has 0 aliphatic rings. The van der Waals surface area contributed by atoms with Gasteiger partial charge in [0.25, 0.3) is 0 Å². The first-order valence-electron chi connectivity index (χ1n) is 2.96. The van der Waals surface area contributed by atoms with Crippen molar-refractivity contribution in [1.82, 2.24) is 0 Å². The normalized spacial score (nSPS) is 8.77. The smallest absolute Gasteiger partial charge is 0.316 e. The van der Waals surface area contributed by atoms with Gasteiger partial charge >= 0.3 is 5.69 Å².